The summed E-state index contributed by atoms with van der Waals surface area (Å²) in [6.45, 7) is 1.71. The first-order valence-electron chi connectivity index (χ1n) is 7.24. The largest absolute Gasteiger partial charge is 0.416 e. The summed E-state index contributed by atoms with van der Waals surface area (Å²) >= 11 is 0. The molecule has 0 aliphatic rings. The van der Waals surface area contributed by atoms with Crippen LogP contribution in [0.4, 0.5) is 28.0 Å². The second-order valence-corrected chi connectivity index (χ2v) is 5.38. The van der Waals surface area contributed by atoms with Crippen molar-refractivity contribution in [3.63, 3.8) is 0 Å². The molecule has 3 nitrogen and oxygen atoms in total. The number of alkyl halides is 3. The van der Waals surface area contributed by atoms with Crippen LogP contribution in [0.5, 0.6) is 0 Å². The third-order valence-corrected chi connectivity index (χ3v) is 3.32. The Morgan fingerprint density at radius 2 is 1.71 bits per heavy atom. The predicted octanol–water partition coefficient (Wildman–Crippen LogP) is 4.60. The Morgan fingerprint density at radius 1 is 1.08 bits per heavy atom. The first kappa shape index (κ1) is 17.8. The molecule has 0 radical (unpaired) electrons. The molecular weight excluding hydrogens is 324 g/mol. The van der Waals surface area contributed by atoms with E-state index in [1.165, 1.54) is 30.3 Å². The molecule has 1 unspecified atom stereocenters. The zero-order valence-electron chi connectivity index (χ0n) is 12.8. The van der Waals surface area contributed by atoms with Gasteiger partial charge in [-0.2, -0.15) is 13.2 Å². The molecule has 0 fully saturated rings. The summed E-state index contributed by atoms with van der Waals surface area (Å²) in [6.07, 6.45) is -4.02. The molecule has 2 amide bonds. The lowest BCUT2D eigenvalue weighted by molar-refractivity contribution is -0.137. The molecule has 2 aromatic carbocycles. The summed E-state index contributed by atoms with van der Waals surface area (Å²) in [5.41, 5.74) is -0.0115. The topological polar surface area (TPSA) is 41.1 Å². The Kier molecular flexibility index (Phi) is 5.43. The van der Waals surface area contributed by atoms with Gasteiger partial charge in [0.1, 0.15) is 5.82 Å². The zero-order valence-corrected chi connectivity index (χ0v) is 12.8. The molecular formula is C17H16F4N2O. The van der Waals surface area contributed by atoms with E-state index in [0.29, 0.717) is 12.0 Å². The van der Waals surface area contributed by atoms with E-state index in [1.54, 1.807) is 13.0 Å². The van der Waals surface area contributed by atoms with Crippen molar-refractivity contribution in [3.8, 4) is 0 Å². The number of hydrogen-bond acceptors (Lipinski definition) is 1. The van der Waals surface area contributed by atoms with Gasteiger partial charge in [-0.05, 0) is 43.2 Å². The molecule has 2 rings (SSSR count). The lowest BCUT2D eigenvalue weighted by Gasteiger charge is -2.15. The molecule has 0 aromatic heterocycles. The number of carbonyl (C=O) groups is 1. The maximum absolute atomic E-state index is 13.4. The van der Waals surface area contributed by atoms with Crippen LogP contribution < -0.4 is 10.6 Å². The minimum atomic E-state index is -4.37. The Labute approximate surface area is 136 Å². The van der Waals surface area contributed by atoms with Crippen LogP contribution in [0.3, 0.4) is 0 Å². The van der Waals surface area contributed by atoms with E-state index in [1.807, 2.05) is 0 Å². The van der Waals surface area contributed by atoms with Gasteiger partial charge in [-0.15, -0.1) is 0 Å². The number of para-hydroxylation sites is 1. The van der Waals surface area contributed by atoms with Crippen LogP contribution in [0.2, 0.25) is 0 Å². The van der Waals surface area contributed by atoms with Crippen molar-refractivity contribution in [1.29, 1.82) is 0 Å². The lowest BCUT2D eigenvalue weighted by atomic mass is 10.1. The molecule has 0 bridgehead atoms. The molecule has 0 spiro atoms. The van der Waals surface area contributed by atoms with Crippen LogP contribution in [0.1, 0.15) is 18.1 Å². The SMILES string of the molecule is CC(Cc1ccc(C(F)(F)F)cc1)NC(=O)Nc1ccccc1F. The molecule has 2 aromatic rings. The van der Waals surface area contributed by atoms with Gasteiger partial charge in [-0.3, -0.25) is 0 Å². The quantitative estimate of drug-likeness (QED) is 0.785. The van der Waals surface area contributed by atoms with Crippen molar-refractivity contribution < 1.29 is 22.4 Å². The number of benzene rings is 2. The molecule has 24 heavy (non-hydrogen) atoms. The van der Waals surface area contributed by atoms with Crippen molar-refractivity contribution >= 4 is 11.7 Å². The molecule has 1 atom stereocenters. The van der Waals surface area contributed by atoms with Crippen LogP contribution in [-0.4, -0.2) is 12.1 Å². The van der Waals surface area contributed by atoms with Crippen LogP contribution in [0.25, 0.3) is 0 Å². The van der Waals surface area contributed by atoms with Crippen molar-refractivity contribution in [2.24, 2.45) is 0 Å². The van der Waals surface area contributed by atoms with E-state index >= 15 is 0 Å². The third kappa shape index (κ3) is 4.97. The van der Waals surface area contributed by atoms with Gasteiger partial charge in [0.15, 0.2) is 0 Å². The summed E-state index contributed by atoms with van der Waals surface area (Å²) in [5.74, 6) is -0.553. The second kappa shape index (κ2) is 7.33. The van der Waals surface area contributed by atoms with E-state index in [0.717, 1.165) is 12.1 Å². The molecule has 7 heteroatoms. The van der Waals surface area contributed by atoms with Gasteiger partial charge in [-0.1, -0.05) is 24.3 Å². The average molecular weight is 340 g/mol. The fourth-order valence-electron chi connectivity index (χ4n) is 2.18. The number of nitrogens with one attached hydrogen (secondary N) is 2. The first-order valence-corrected chi connectivity index (χ1v) is 7.24. The van der Waals surface area contributed by atoms with Crippen molar-refractivity contribution in [2.45, 2.75) is 25.6 Å². The van der Waals surface area contributed by atoms with Crippen LogP contribution in [0, 0.1) is 5.82 Å². The number of carbonyl (C=O) groups excluding carboxylic acids is 1. The van der Waals surface area contributed by atoms with Crippen LogP contribution >= 0.6 is 0 Å². The monoisotopic (exact) mass is 340 g/mol. The van der Waals surface area contributed by atoms with Gasteiger partial charge < -0.3 is 10.6 Å². The number of urea groups is 1. The van der Waals surface area contributed by atoms with Gasteiger partial charge >= 0.3 is 12.2 Å². The number of anilines is 1. The standard InChI is InChI=1S/C17H16F4N2O/c1-11(10-12-6-8-13(9-7-12)17(19,20)21)22-16(24)23-15-5-3-2-4-14(15)18/h2-9,11H,10H2,1H3,(H2,22,23,24). The number of amides is 2. The summed E-state index contributed by atoms with van der Waals surface area (Å²) in [5, 5.41) is 4.99. The third-order valence-electron chi connectivity index (χ3n) is 3.32. The van der Waals surface area contributed by atoms with Crippen LogP contribution in [0.15, 0.2) is 48.5 Å². The second-order valence-electron chi connectivity index (χ2n) is 5.38. The van der Waals surface area contributed by atoms with Gasteiger partial charge in [0.05, 0.1) is 11.3 Å². The van der Waals surface area contributed by atoms with E-state index in [4.69, 9.17) is 0 Å². The molecule has 0 saturated carbocycles. The smallest absolute Gasteiger partial charge is 0.335 e. The lowest BCUT2D eigenvalue weighted by Crippen LogP contribution is -2.37. The summed E-state index contributed by atoms with van der Waals surface area (Å²) in [6, 6.07) is 9.56. The highest BCUT2D eigenvalue weighted by molar-refractivity contribution is 5.89. The molecule has 0 saturated heterocycles. The molecule has 128 valence electrons. The highest BCUT2D eigenvalue weighted by Gasteiger charge is 2.29. The fourth-order valence-corrected chi connectivity index (χ4v) is 2.18. The Hall–Kier alpha value is -2.57. The fraction of sp³-hybridized carbons (Fsp3) is 0.235. The average Bonchev–Trinajstić information content (AvgIpc) is 2.49. The Bertz CT molecular complexity index is 698. The molecule has 0 aliphatic carbocycles. The highest BCUT2D eigenvalue weighted by atomic mass is 19.4. The molecule has 0 aliphatic heterocycles. The van der Waals surface area contributed by atoms with Crippen molar-refractivity contribution in [1.82, 2.24) is 5.32 Å². The summed E-state index contributed by atoms with van der Waals surface area (Å²) < 4.78 is 50.9. The number of halogens is 4. The van der Waals surface area contributed by atoms with E-state index in [-0.39, 0.29) is 11.7 Å². The maximum atomic E-state index is 13.4. The van der Waals surface area contributed by atoms with E-state index in [9.17, 15) is 22.4 Å². The van der Waals surface area contributed by atoms with E-state index < -0.39 is 23.6 Å². The van der Waals surface area contributed by atoms with Gasteiger partial charge in [0.2, 0.25) is 0 Å². The van der Waals surface area contributed by atoms with Gasteiger partial charge in [0.25, 0.3) is 0 Å². The predicted molar refractivity (Wildman–Crippen MR) is 83.2 cm³/mol. The van der Waals surface area contributed by atoms with Crippen molar-refractivity contribution in [3.05, 3.63) is 65.5 Å². The summed E-state index contributed by atoms with van der Waals surface area (Å²) in [4.78, 5) is 11.8. The van der Waals surface area contributed by atoms with Gasteiger partial charge in [-0.25, -0.2) is 9.18 Å². The minimum Gasteiger partial charge on any atom is -0.335 e. The highest BCUT2D eigenvalue weighted by Crippen LogP contribution is 2.29. The van der Waals surface area contributed by atoms with Crippen LogP contribution in [-0.2, 0) is 12.6 Å². The van der Waals surface area contributed by atoms with Gasteiger partial charge in [0, 0.05) is 6.04 Å². The first-order chi connectivity index (χ1) is 11.3. The minimum absolute atomic E-state index is 0.0525. The summed E-state index contributed by atoms with van der Waals surface area (Å²) in [7, 11) is 0. The number of rotatable bonds is 4. The Morgan fingerprint density at radius 3 is 2.29 bits per heavy atom. The molecule has 0 heterocycles. The van der Waals surface area contributed by atoms with E-state index in [2.05, 4.69) is 10.6 Å². The number of hydrogen-bond donors (Lipinski definition) is 2. The Balaban J connectivity index is 1.90. The molecule has 2 N–H and O–H groups in total. The van der Waals surface area contributed by atoms with Crippen molar-refractivity contribution in [2.75, 3.05) is 5.32 Å². The maximum Gasteiger partial charge on any atom is 0.416 e. The zero-order chi connectivity index (χ0) is 17.7. The normalized spacial score (nSPS) is 12.5.